The molecule has 0 aliphatic carbocycles. The average Bonchev–Trinajstić information content (AvgIpc) is 2.63. The van der Waals surface area contributed by atoms with Gasteiger partial charge in [-0.15, -0.1) is 0 Å². The van der Waals surface area contributed by atoms with Gasteiger partial charge in [-0.1, -0.05) is 11.6 Å². The molecule has 2 heterocycles. The van der Waals surface area contributed by atoms with Crippen LogP contribution in [0.4, 0.5) is 0 Å². The zero-order valence-electron chi connectivity index (χ0n) is 14.3. The molecule has 0 bridgehead atoms. The van der Waals surface area contributed by atoms with Gasteiger partial charge in [0.25, 0.3) is 5.91 Å². The summed E-state index contributed by atoms with van der Waals surface area (Å²) in [7, 11) is 0. The molecule has 5 nitrogen and oxygen atoms in total. The van der Waals surface area contributed by atoms with E-state index in [0.29, 0.717) is 18.7 Å². The summed E-state index contributed by atoms with van der Waals surface area (Å²) in [5, 5.41) is 9.99. The van der Waals surface area contributed by atoms with Crippen LogP contribution in [0.25, 0.3) is 0 Å². The maximum absolute atomic E-state index is 12.8. The van der Waals surface area contributed by atoms with Crippen LogP contribution in [-0.4, -0.2) is 52.9 Å². The Morgan fingerprint density at radius 3 is 2.50 bits per heavy atom. The van der Waals surface area contributed by atoms with Crippen molar-refractivity contribution in [2.24, 2.45) is 5.92 Å². The molecule has 2 aliphatic heterocycles. The number of phenols is 1. The second-order valence-corrected chi connectivity index (χ2v) is 7.00. The van der Waals surface area contributed by atoms with Crippen molar-refractivity contribution >= 4 is 11.8 Å². The van der Waals surface area contributed by atoms with Crippen LogP contribution < -0.4 is 0 Å². The SMILES string of the molecule is Cc1ccc(O)c(C(=O)N2CCC[C@H](C(=O)N3CCCCC3)C2)c1. The zero-order chi connectivity index (χ0) is 17.1. The molecule has 1 N–H and O–H groups in total. The maximum Gasteiger partial charge on any atom is 0.257 e. The van der Waals surface area contributed by atoms with Gasteiger partial charge in [0.1, 0.15) is 5.75 Å². The molecule has 1 aromatic carbocycles. The highest BCUT2D eigenvalue weighted by Crippen LogP contribution is 2.25. The van der Waals surface area contributed by atoms with Crippen LogP contribution in [0.1, 0.15) is 48.0 Å². The number of piperidine rings is 2. The van der Waals surface area contributed by atoms with Gasteiger partial charge in [-0.3, -0.25) is 9.59 Å². The van der Waals surface area contributed by atoms with Gasteiger partial charge < -0.3 is 14.9 Å². The van der Waals surface area contributed by atoms with Crippen LogP contribution in [0.15, 0.2) is 18.2 Å². The molecule has 1 atom stereocenters. The Kier molecular flexibility index (Phi) is 5.07. The Morgan fingerprint density at radius 2 is 1.75 bits per heavy atom. The van der Waals surface area contributed by atoms with Crippen molar-refractivity contribution in [2.75, 3.05) is 26.2 Å². The minimum atomic E-state index is -0.174. The fourth-order valence-electron chi connectivity index (χ4n) is 3.73. The highest BCUT2D eigenvalue weighted by atomic mass is 16.3. The molecule has 3 rings (SSSR count). The normalized spacial score (nSPS) is 21.6. The summed E-state index contributed by atoms with van der Waals surface area (Å²) in [6.07, 6.45) is 5.05. The molecular formula is C19H26N2O3. The molecule has 2 amide bonds. The predicted octanol–water partition coefficient (Wildman–Crippen LogP) is 2.57. The molecule has 0 saturated carbocycles. The van der Waals surface area contributed by atoms with Crippen LogP contribution in [0, 0.1) is 12.8 Å². The van der Waals surface area contributed by atoms with E-state index in [-0.39, 0.29) is 23.5 Å². The molecule has 24 heavy (non-hydrogen) atoms. The average molecular weight is 330 g/mol. The Balaban J connectivity index is 1.69. The van der Waals surface area contributed by atoms with Crippen molar-refractivity contribution < 1.29 is 14.7 Å². The van der Waals surface area contributed by atoms with Crippen molar-refractivity contribution in [3.63, 3.8) is 0 Å². The van der Waals surface area contributed by atoms with Gasteiger partial charge in [-0.2, -0.15) is 0 Å². The molecule has 0 radical (unpaired) electrons. The highest BCUT2D eigenvalue weighted by Gasteiger charge is 2.32. The smallest absolute Gasteiger partial charge is 0.257 e. The summed E-state index contributed by atoms with van der Waals surface area (Å²) in [5.41, 5.74) is 1.27. The van der Waals surface area contributed by atoms with Gasteiger partial charge in [-0.25, -0.2) is 0 Å². The van der Waals surface area contributed by atoms with E-state index in [1.54, 1.807) is 23.1 Å². The second kappa shape index (κ2) is 7.24. The molecule has 2 fully saturated rings. The minimum absolute atomic E-state index is 0.00933. The molecule has 0 unspecified atom stereocenters. The summed E-state index contributed by atoms with van der Waals surface area (Å²) in [6.45, 7) is 4.70. The number of benzene rings is 1. The maximum atomic E-state index is 12.8. The molecule has 0 spiro atoms. The van der Waals surface area contributed by atoms with E-state index in [1.165, 1.54) is 6.42 Å². The first-order valence-corrected chi connectivity index (χ1v) is 8.94. The van der Waals surface area contributed by atoms with E-state index < -0.39 is 0 Å². The fraction of sp³-hybridized carbons (Fsp3) is 0.579. The van der Waals surface area contributed by atoms with Crippen molar-refractivity contribution in [2.45, 2.75) is 39.0 Å². The van der Waals surface area contributed by atoms with E-state index in [9.17, 15) is 14.7 Å². The lowest BCUT2D eigenvalue weighted by molar-refractivity contribution is -0.137. The first-order chi connectivity index (χ1) is 11.6. The van der Waals surface area contributed by atoms with Gasteiger partial charge in [0.05, 0.1) is 11.5 Å². The standard InChI is InChI=1S/C19H26N2O3/c1-14-7-8-17(22)16(12-14)19(24)21-11-5-6-15(13-21)18(23)20-9-3-2-4-10-20/h7-8,12,15,22H,2-6,9-11,13H2,1H3/t15-/m0/s1. The molecule has 1 aromatic rings. The number of hydrogen-bond donors (Lipinski definition) is 1. The van der Waals surface area contributed by atoms with Crippen LogP contribution in [0.5, 0.6) is 5.75 Å². The molecule has 2 saturated heterocycles. The number of aryl methyl sites for hydroxylation is 1. The number of aromatic hydroxyl groups is 1. The quantitative estimate of drug-likeness (QED) is 0.906. The minimum Gasteiger partial charge on any atom is -0.507 e. The fourth-order valence-corrected chi connectivity index (χ4v) is 3.73. The summed E-state index contributed by atoms with van der Waals surface area (Å²) in [6, 6.07) is 5.06. The molecular weight excluding hydrogens is 304 g/mol. The lowest BCUT2D eigenvalue weighted by atomic mass is 9.94. The Morgan fingerprint density at radius 1 is 1.04 bits per heavy atom. The number of likely N-dealkylation sites (tertiary alicyclic amines) is 2. The van der Waals surface area contributed by atoms with E-state index in [2.05, 4.69) is 0 Å². The molecule has 130 valence electrons. The van der Waals surface area contributed by atoms with E-state index in [4.69, 9.17) is 0 Å². The van der Waals surface area contributed by atoms with Crippen molar-refractivity contribution in [1.82, 2.24) is 9.80 Å². The van der Waals surface area contributed by atoms with Gasteiger partial charge >= 0.3 is 0 Å². The highest BCUT2D eigenvalue weighted by molar-refractivity contribution is 5.97. The first kappa shape index (κ1) is 16.8. The number of carbonyl (C=O) groups excluding carboxylic acids is 2. The van der Waals surface area contributed by atoms with Crippen molar-refractivity contribution in [3.05, 3.63) is 29.3 Å². The summed E-state index contributed by atoms with van der Waals surface area (Å²) in [4.78, 5) is 29.2. The van der Waals surface area contributed by atoms with Crippen LogP contribution in [0.3, 0.4) is 0 Å². The van der Waals surface area contributed by atoms with E-state index >= 15 is 0 Å². The second-order valence-electron chi connectivity index (χ2n) is 7.00. The number of amides is 2. The largest absolute Gasteiger partial charge is 0.507 e. The predicted molar refractivity (Wildman–Crippen MR) is 91.9 cm³/mol. The molecule has 0 aromatic heterocycles. The first-order valence-electron chi connectivity index (χ1n) is 8.94. The molecule has 2 aliphatic rings. The number of nitrogens with zero attached hydrogens (tertiary/aromatic N) is 2. The molecule has 5 heteroatoms. The number of phenolic OH excluding ortho intramolecular Hbond substituents is 1. The number of carbonyl (C=O) groups is 2. The van der Waals surface area contributed by atoms with Crippen LogP contribution in [0.2, 0.25) is 0 Å². The third-order valence-electron chi connectivity index (χ3n) is 5.11. The lowest BCUT2D eigenvalue weighted by Gasteiger charge is -2.36. The van der Waals surface area contributed by atoms with E-state index in [0.717, 1.165) is 44.3 Å². The van der Waals surface area contributed by atoms with Gasteiger partial charge in [0, 0.05) is 26.2 Å². The Labute approximate surface area is 143 Å². The Bertz CT molecular complexity index is 623. The lowest BCUT2D eigenvalue weighted by Crippen LogP contribution is -2.47. The Hall–Kier alpha value is -2.04. The monoisotopic (exact) mass is 330 g/mol. The number of rotatable bonds is 2. The summed E-state index contributed by atoms with van der Waals surface area (Å²) < 4.78 is 0. The van der Waals surface area contributed by atoms with Crippen molar-refractivity contribution in [3.8, 4) is 5.75 Å². The summed E-state index contributed by atoms with van der Waals surface area (Å²) in [5.74, 6) is -0.0733. The number of hydrogen-bond acceptors (Lipinski definition) is 3. The topological polar surface area (TPSA) is 60.9 Å². The zero-order valence-corrected chi connectivity index (χ0v) is 14.3. The van der Waals surface area contributed by atoms with E-state index in [1.807, 2.05) is 11.8 Å². The third-order valence-corrected chi connectivity index (χ3v) is 5.11. The van der Waals surface area contributed by atoms with Gasteiger partial charge in [-0.05, 0) is 51.2 Å². The third kappa shape index (κ3) is 3.55. The van der Waals surface area contributed by atoms with Crippen LogP contribution in [-0.2, 0) is 4.79 Å². The van der Waals surface area contributed by atoms with Crippen molar-refractivity contribution in [1.29, 1.82) is 0 Å². The van der Waals surface area contributed by atoms with Gasteiger partial charge in [0.2, 0.25) is 5.91 Å². The summed E-state index contributed by atoms with van der Waals surface area (Å²) >= 11 is 0. The van der Waals surface area contributed by atoms with Crippen LogP contribution >= 0.6 is 0 Å². The van der Waals surface area contributed by atoms with Gasteiger partial charge in [0.15, 0.2) is 0 Å².